The first-order valence-electron chi connectivity index (χ1n) is 8.57. The molecule has 1 heterocycles. The Hall–Kier alpha value is -0.0800. The average Bonchev–Trinajstić information content (AvgIpc) is 3.21. The Kier molecular flexibility index (Phi) is 5.30. The molecule has 0 aromatic carbocycles. The Morgan fingerprint density at radius 1 is 1.21 bits per heavy atom. The van der Waals surface area contributed by atoms with Gasteiger partial charge in [-0.25, -0.2) is 0 Å². The van der Waals surface area contributed by atoms with E-state index in [1.165, 1.54) is 58.2 Å². The summed E-state index contributed by atoms with van der Waals surface area (Å²) in [6, 6.07) is 0.768. The van der Waals surface area contributed by atoms with E-state index in [0.29, 0.717) is 5.54 Å². The molecule has 0 spiro atoms. The molecule has 1 atom stereocenters. The van der Waals surface area contributed by atoms with Crippen LogP contribution in [0.3, 0.4) is 0 Å². The highest BCUT2D eigenvalue weighted by Crippen LogP contribution is 2.34. The number of nitrogens with one attached hydrogen (secondary N) is 1. The quantitative estimate of drug-likeness (QED) is 0.756. The van der Waals surface area contributed by atoms with Crippen LogP contribution in [0.5, 0.6) is 0 Å². The standard InChI is InChI=1S/C17H34N2/c1-5-17(6-2)13-19(10-9-15-7-8-15)16(12-18-17)11-14(3)4/h14-16,18H,5-13H2,1-4H3. The molecular weight excluding hydrogens is 232 g/mol. The zero-order valence-electron chi connectivity index (χ0n) is 13.5. The molecule has 1 N–H and O–H groups in total. The molecule has 0 aromatic heterocycles. The van der Waals surface area contributed by atoms with Crippen molar-refractivity contribution in [2.24, 2.45) is 11.8 Å². The van der Waals surface area contributed by atoms with Gasteiger partial charge in [-0.1, -0.05) is 40.5 Å². The van der Waals surface area contributed by atoms with Gasteiger partial charge in [-0.2, -0.15) is 0 Å². The molecule has 0 radical (unpaired) electrons. The van der Waals surface area contributed by atoms with E-state index >= 15 is 0 Å². The Balaban J connectivity index is 1.94. The van der Waals surface area contributed by atoms with Crippen molar-refractivity contribution in [3.05, 3.63) is 0 Å². The lowest BCUT2D eigenvalue weighted by Crippen LogP contribution is -2.64. The third-order valence-electron chi connectivity index (χ3n) is 5.35. The smallest absolute Gasteiger partial charge is 0.0304 e. The van der Waals surface area contributed by atoms with E-state index in [2.05, 4.69) is 37.9 Å². The largest absolute Gasteiger partial charge is 0.308 e. The fraction of sp³-hybridized carbons (Fsp3) is 1.00. The average molecular weight is 266 g/mol. The minimum atomic E-state index is 0.386. The third-order valence-corrected chi connectivity index (χ3v) is 5.35. The minimum absolute atomic E-state index is 0.386. The van der Waals surface area contributed by atoms with Gasteiger partial charge in [0.2, 0.25) is 0 Å². The maximum atomic E-state index is 3.88. The van der Waals surface area contributed by atoms with Crippen molar-refractivity contribution in [2.75, 3.05) is 19.6 Å². The molecule has 2 heteroatoms. The first kappa shape index (κ1) is 15.3. The summed E-state index contributed by atoms with van der Waals surface area (Å²) in [6.07, 6.45) is 8.30. The van der Waals surface area contributed by atoms with Crippen LogP contribution in [-0.4, -0.2) is 36.1 Å². The zero-order chi connectivity index (χ0) is 13.9. The predicted octanol–water partition coefficient (Wildman–Crippen LogP) is 3.67. The second kappa shape index (κ2) is 6.58. The zero-order valence-corrected chi connectivity index (χ0v) is 13.5. The van der Waals surface area contributed by atoms with Gasteiger partial charge in [0.25, 0.3) is 0 Å². The maximum absolute atomic E-state index is 3.88. The number of hydrogen-bond acceptors (Lipinski definition) is 2. The Labute approximate surface area is 120 Å². The fourth-order valence-corrected chi connectivity index (χ4v) is 3.55. The summed E-state index contributed by atoms with van der Waals surface area (Å²) < 4.78 is 0. The number of hydrogen-bond donors (Lipinski definition) is 1. The van der Waals surface area contributed by atoms with Gasteiger partial charge < -0.3 is 5.32 Å². The molecule has 1 aliphatic heterocycles. The molecule has 1 unspecified atom stereocenters. The summed E-state index contributed by atoms with van der Waals surface area (Å²) in [5.74, 6) is 1.87. The van der Waals surface area contributed by atoms with Crippen molar-refractivity contribution in [1.29, 1.82) is 0 Å². The van der Waals surface area contributed by atoms with Crippen LogP contribution >= 0.6 is 0 Å². The third kappa shape index (κ3) is 4.19. The summed E-state index contributed by atoms with van der Waals surface area (Å²) in [5, 5.41) is 3.88. The van der Waals surface area contributed by atoms with Crippen molar-refractivity contribution >= 4 is 0 Å². The van der Waals surface area contributed by atoms with Gasteiger partial charge in [-0.15, -0.1) is 0 Å². The van der Waals surface area contributed by atoms with Gasteiger partial charge >= 0.3 is 0 Å². The molecule has 112 valence electrons. The summed E-state index contributed by atoms with van der Waals surface area (Å²) >= 11 is 0. The molecule has 2 aliphatic rings. The van der Waals surface area contributed by atoms with Crippen LogP contribution < -0.4 is 5.32 Å². The van der Waals surface area contributed by atoms with Gasteiger partial charge in [0.1, 0.15) is 0 Å². The van der Waals surface area contributed by atoms with Crippen molar-refractivity contribution in [3.63, 3.8) is 0 Å². The topological polar surface area (TPSA) is 15.3 Å². The molecule has 19 heavy (non-hydrogen) atoms. The van der Waals surface area contributed by atoms with Crippen molar-refractivity contribution < 1.29 is 0 Å². The maximum Gasteiger partial charge on any atom is 0.0304 e. The minimum Gasteiger partial charge on any atom is -0.308 e. The summed E-state index contributed by atoms with van der Waals surface area (Å²) in [5.41, 5.74) is 0.386. The van der Waals surface area contributed by atoms with Crippen LogP contribution in [0.4, 0.5) is 0 Å². The predicted molar refractivity (Wildman–Crippen MR) is 83.5 cm³/mol. The van der Waals surface area contributed by atoms with Gasteiger partial charge in [0.15, 0.2) is 0 Å². The molecule has 2 fully saturated rings. The molecule has 2 nitrogen and oxygen atoms in total. The van der Waals surface area contributed by atoms with Gasteiger partial charge in [-0.3, -0.25) is 4.90 Å². The second-order valence-corrected chi connectivity index (χ2v) is 7.35. The normalized spacial score (nSPS) is 27.9. The lowest BCUT2D eigenvalue weighted by molar-refractivity contribution is 0.0602. The van der Waals surface area contributed by atoms with E-state index in [0.717, 1.165) is 17.9 Å². The fourth-order valence-electron chi connectivity index (χ4n) is 3.55. The number of nitrogens with zero attached hydrogens (tertiary/aromatic N) is 1. The van der Waals surface area contributed by atoms with E-state index in [9.17, 15) is 0 Å². The molecule has 0 amide bonds. The van der Waals surface area contributed by atoms with Crippen LogP contribution in [0.1, 0.15) is 66.2 Å². The van der Waals surface area contributed by atoms with E-state index < -0.39 is 0 Å². The van der Waals surface area contributed by atoms with Crippen LogP contribution in [0, 0.1) is 11.8 Å². The summed E-state index contributed by atoms with van der Waals surface area (Å²) in [4.78, 5) is 2.82. The van der Waals surface area contributed by atoms with Crippen LogP contribution in [-0.2, 0) is 0 Å². The molecule has 1 aliphatic carbocycles. The van der Waals surface area contributed by atoms with E-state index in [4.69, 9.17) is 0 Å². The summed E-state index contributed by atoms with van der Waals surface area (Å²) in [6.45, 7) is 13.2. The van der Waals surface area contributed by atoms with Gasteiger partial charge in [0, 0.05) is 24.7 Å². The van der Waals surface area contributed by atoms with Crippen LogP contribution in [0.25, 0.3) is 0 Å². The Bertz CT molecular complexity index is 266. The lowest BCUT2D eigenvalue weighted by Gasteiger charge is -2.48. The molecule has 0 aromatic rings. The lowest BCUT2D eigenvalue weighted by atomic mass is 9.86. The molecule has 1 saturated heterocycles. The van der Waals surface area contributed by atoms with E-state index in [1.807, 2.05) is 0 Å². The first-order chi connectivity index (χ1) is 9.08. The van der Waals surface area contributed by atoms with Crippen LogP contribution in [0.2, 0.25) is 0 Å². The van der Waals surface area contributed by atoms with Gasteiger partial charge in [-0.05, 0) is 44.1 Å². The second-order valence-electron chi connectivity index (χ2n) is 7.35. The Morgan fingerprint density at radius 2 is 1.89 bits per heavy atom. The SMILES string of the molecule is CCC1(CC)CN(CCC2CC2)C(CC(C)C)CN1. The van der Waals surface area contributed by atoms with Crippen LogP contribution in [0.15, 0.2) is 0 Å². The molecular formula is C17H34N2. The van der Waals surface area contributed by atoms with E-state index in [-0.39, 0.29) is 0 Å². The van der Waals surface area contributed by atoms with Crippen molar-refractivity contribution in [3.8, 4) is 0 Å². The van der Waals surface area contributed by atoms with Gasteiger partial charge in [0.05, 0.1) is 0 Å². The highest BCUT2D eigenvalue weighted by Gasteiger charge is 2.37. The Morgan fingerprint density at radius 3 is 2.42 bits per heavy atom. The number of piperazine rings is 1. The number of rotatable bonds is 7. The van der Waals surface area contributed by atoms with E-state index in [1.54, 1.807) is 0 Å². The monoisotopic (exact) mass is 266 g/mol. The molecule has 0 bridgehead atoms. The molecule has 1 saturated carbocycles. The summed E-state index contributed by atoms with van der Waals surface area (Å²) in [7, 11) is 0. The highest BCUT2D eigenvalue weighted by atomic mass is 15.3. The molecule has 2 rings (SSSR count). The van der Waals surface area contributed by atoms with Crippen molar-refractivity contribution in [1.82, 2.24) is 10.2 Å². The highest BCUT2D eigenvalue weighted by molar-refractivity contribution is 4.97. The van der Waals surface area contributed by atoms with Crippen molar-refractivity contribution in [2.45, 2.75) is 77.8 Å². The first-order valence-corrected chi connectivity index (χ1v) is 8.57.